The standard InChI is InChI=1S/C17H20N4O/c1-14-6-8-15(9-7-14)13-19(2)11-12-21-17(22)20-10-4-3-5-16(20)18-21/h3-10H,11-13H2,1-2H3. The minimum absolute atomic E-state index is 0.0839. The van der Waals surface area contributed by atoms with Crippen molar-refractivity contribution >= 4 is 5.65 Å². The maximum absolute atomic E-state index is 12.2. The molecule has 5 nitrogen and oxygen atoms in total. The van der Waals surface area contributed by atoms with E-state index in [4.69, 9.17) is 0 Å². The zero-order valence-corrected chi connectivity index (χ0v) is 12.9. The van der Waals surface area contributed by atoms with Crippen molar-refractivity contribution < 1.29 is 0 Å². The van der Waals surface area contributed by atoms with Crippen molar-refractivity contribution in [3.8, 4) is 0 Å². The van der Waals surface area contributed by atoms with E-state index in [1.807, 2.05) is 18.2 Å². The fourth-order valence-corrected chi connectivity index (χ4v) is 2.46. The fourth-order valence-electron chi connectivity index (χ4n) is 2.46. The first-order valence-corrected chi connectivity index (χ1v) is 7.42. The number of benzene rings is 1. The van der Waals surface area contributed by atoms with Gasteiger partial charge in [-0.1, -0.05) is 35.9 Å². The molecule has 1 aromatic carbocycles. The third-order valence-electron chi connectivity index (χ3n) is 3.76. The van der Waals surface area contributed by atoms with E-state index >= 15 is 0 Å². The highest BCUT2D eigenvalue weighted by Gasteiger charge is 2.07. The van der Waals surface area contributed by atoms with Gasteiger partial charge in [0.25, 0.3) is 0 Å². The molecule has 0 atom stereocenters. The molecule has 0 amide bonds. The highest BCUT2D eigenvalue weighted by molar-refractivity contribution is 5.35. The van der Waals surface area contributed by atoms with Crippen LogP contribution in [0.1, 0.15) is 11.1 Å². The van der Waals surface area contributed by atoms with E-state index in [1.165, 1.54) is 15.8 Å². The molecule has 0 bridgehead atoms. The molecule has 0 aliphatic heterocycles. The Balaban J connectivity index is 1.64. The van der Waals surface area contributed by atoms with Crippen molar-refractivity contribution in [2.24, 2.45) is 0 Å². The summed E-state index contributed by atoms with van der Waals surface area (Å²) in [6, 6.07) is 14.1. The van der Waals surface area contributed by atoms with Gasteiger partial charge in [-0.15, -0.1) is 5.10 Å². The summed E-state index contributed by atoms with van der Waals surface area (Å²) in [5.74, 6) is 0. The van der Waals surface area contributed by atoms with Gasteiger partial charge in [0.2, 0.25) is 0 Å². The topological polar surface area (TPSA) is 42.5 Å². The van der Waals surface area contributed by atoms with Gasteiger partial charge in [0.15, 0.2) is 5.65 Å². The Morgan fingerprint density at radius 3 is 2.64 bits per heavy atom. The number of aryl methyl sites for hydroxylation is 1. The second kappa shape index (κ2) is 6.15. The molecule has 2 heterocycles. The fraction of sp³-hybridized carbons (Fsp3) is 0.294. The third-order valence-corrected chi connectivity index (χ3v) is 3.76. The van der Waals surface area contributed by atoms with Gasteiger partial charge in [-0.2, -0.15) is 0 Å². The molecule has 3 aromatic rings. The van der Waals surface area contributed by atoms with Gasteiger partial charge >= 0.3 is 5.69 Å². The van der Waals surface area contributed by atoms with E-state index in [9.17, 15) is 4.79 Å². The Kier molecular flexibility index (Phi) is 4.06. The number of likely N-dealkylation sites (N-methyl/N-ethyl adjacent to an activating group) is 1. The van der Waals surface area contributed by atoms with Crippen molar-refractivity contribution in [2.75, 3.05) is 13.6 Å². The first-order valence-electron chi connectivity index (χ1n) is 7.42. The lowest BCUT2D eigenvalue weighted by Gasteiger charge is -2.16. The van der Waals surface area contributed by atoms with Crippen LogP contribution in [0.15, 0.2) is 53.5 Å². The minimum atomic E-state index is -0.0839. The Morgan fingerprint density at radius 2 is 1.91 bits per heavy atom. The minimum Gasteiger partial charge on any atom is -0.300 e. The van der Waals surface area contributed by atoms with Crippen molar-refractivity contribution in [1.82, 2.24) is 19.1 Å². The van der Waals surface area contributed by atoms with E-state index in [0.717, 1.165) is 13.1 Å². The Morgan fingerprint density at radius 1 is 1.14 bits per heavy atom. The summed E-state index contributed by atoms with van der Waals surface area (Å²) in [5.41, 5.74) is 3.14. The first kappa shape index (κ1) is 14.5. The van der Waals surface area contributed by atoms with Gasteiger partial charge in [-0.3, -0.25) is 4.40 Å². The van der Waals surface area contributed by atoms with Crippen LogP contribution in [0.3, 0.4) is 0 Å². The van der Waals surface area contributed by atoms with E-state index < -0.39 is 0 Å². The highest BCUT2D eigenvalue weighted by Crippen LogP contribution is 2.05. The predicted molar refractivity (Wildman–Crippen MR) is 87.0 cm³/mol. The number of nitrogens with zero attached hydrogens (tertiary/aromatic N) is 4. The van der Waals surface area contributed by atoms with Crippen LogP contribution in [0.4, 0.5) is 0 Å². The predicted octanol–water partition coefficient (Wildman–Crippen LogP) is 1.94. The molecule has 0 saturated carbocycles. The summed E-state index contributed by atoms with van der Waals surface area (Å²) in [4.78, 5) is 14.4. The van der Waals surface area contributed by atoms with Gasteiger partial charge < -0.3 is 4.90 Å². The maximum Gasteiger partial charge on any atom is 0.350 e. The molecule has 2 aromatic heterocycles. The van der Waals surface area contributed by atoms with Gasteiger partial charge in [-0.05, 0) is 31.7 Å². The normalized spacial score (nSPS) is 11.4. The van der Waals surface area contributed by atoms with Crippen LogP contribution >= 0.6 is 0 Å². The van der Waals surface area contributed by atoms with Crippen molar-refractivity contribution in [3.63, 3.8) is 0 Å². The molecule has 0 radical (unpaired) electrons. The van der Waals surface area contributed by atoms with Gasteiger partial charge in [0, 0.05) is 19.3 Å². The van der Waals surface area contributed by atoms with E-state index in [2.05, 4.69) is 48.2 Å². The van der Waals surface area contributed by atoms with Crippen LogP contribution < -0.4 is 5.69 Å². The molecule has 3 rings (SSSR count). The van der Waals surface area contributed by atoms with Crippen molar-refractivity contribution in [3.05, 3.63) is 70.3 Å². The number of rotatable bonds is 5. The second-order valence-electron chi connectivity index (χ2n) is 5.66. The molecular formula is C17H20N4O. The third kappa shape index (κ3) is 3.09. The van der Waals surface area contributed by atoms with E-state index in [-0.39, 0.29) is 5.69 Å². The number of aromatic nitrogens is 3. The first-order chi connectivity index (χ1) is 10.6. The summed E-state index contributed by atoms with van der Waals surface area (Å²) in [6.45, 7) is 4.31. The lowest BCUT2D eigenvalue weighted by Crippen LogP contribution is -2.28. The average molecular weight is 296 g/mol. The maximum atomic E-state index is 12.2. The molecule has 0 aliphatic carbocycles. The largest absolute Gasteiger partial charge is 0.350 e. The molecule has 0 aliphatic rings. The zero-order valence-electron chi connectivity index (χ0n) is 12.9. The van der Waals surface area contributed by atoms with Crippen LogP contribution in [-0.4, -0.2) is 32.7 Å². The second-order valence-corrected chi connectivity index (χ2v) is 5.66. The number of hydrogen-bond donors (Lipinski definition) is 0. The van der Waals surface area contributed by atoms with Gasteiger partial charge in [0.05, 0.1) is 6.54 Å². The molecule has 0 N–H and O–H groups in total. The van der Waals surface area contributed by atoms with Crippen LogP contribution in [0.2, 0.25) is 0 Å². The lowest BCUT2D eigenvalue weighted by molar-refractivity contribution is 0.303. The lowest BCUT2D eigenvalue weighted by atomic mass is 10.1. The van der Waals surface area contributed by atoms with Crippen LogP contribution in [-0.2, 0) is 13.1 Å². The van der Waals surface area contributed by atoms with Crippen molar-refractivity contribution in [1.29, 1.82) is 0 Å². The molecule has 22 heavy (non-hydrogen) atoms. The SMILES string of the molecule is Cc1ccc(CN(C)CCn2nc3ccccn3c2=O)cc1. The van der Waals surface area contributed by atoms with E-state index in [1.54, 1.807) is 10.6 Å². The molecule has 0 spiro atoms. The summed E-state index contributed by atoms with van der Waals surface area (Å²) in [5, 5.41) is 4.34. The monoisotopic (exact) mass is 296 g/mol. The summed E-state index contributed by atoms with van der Waals surface area (Å²) in [7, 11) is 2.06. The summed E-state index contributed by atoms with van der Waals surface area (Å²) >= 11 is 0. The Labute approximate surface area is 129 Å². The molecule has 0 unspecified atom stereocenters. The summed E-state index contributed by atoms with van der Waals surface area (Å²) in [6.07, 6.45) is 1.75. The molecule has 114 valence electrons. The number of fused-ring (bicyclic) bond motifs is 1. The highest BCUT2D eigenvalue weighted by atomic mass is 16.2. The van der Waals surface area contributed by atoms with Crippen LogP contribution in [0, 0.1) is 6.92 Å². The molecular weight excluding hydrogens is 276 g/mol. The average Bonchev–Trinajstić information content (AvgIpc) is 2.84. The van der Waals surface area contributed by atoms with Crippen LogP contribution in [0.25, 0.3) is 5.65 Å². The Hall–Kier alpha value is -2.40. The van der Waals surface area contributed by atoms with E-state index in [0.29, 0.717) is 12.2 Å². The zero-order chi connectivity index (χ0) is 15.5. The molecule has 5 heteroatoms. The van der Waals surface area contributed by atoms with Crippen LogP contribution in [0.5, 0.6) is 0 Å². The van der Waals surface area contributed by atoms with Gasteiger partial charge in [0.1, 0.15) is 0 Å². The van der Waals surface area contributed by atoms with Gasteiger partial charge in [-0.25, -0.2) is 9.48 Å². The number of pyridine rings is 1. The molecule has 0 saturated heterocycles. The number of hydrogen-bond acceptors (Lipinski definition) is 3. The molecule has 0 fully saturated rings. The smallest absolute Gasteiger partial charge is 0.300 e. The summed E-state index contributed by atoms with van der Waals surface area (Å²) < 4.78 is 3.10. The van der Waals surface area contributed by atoms with Crippen molar-refractivity contribution in [2.45, 2.75) is 20.0 Å². The quantitative estimate of drug-likeness (QED) is 0.722. The Bertz CT molecular complexity index is 817.